The minimum absolute atomic E-state index is 0.0630. The Kier molecular flexibility index (Phi) is 7.96. The van der Waals surface area contributed by atoms with Gasteiger partial charge in [0.1, 0.15) is 6.04 Å². The van der Waals surface area contributed by atoms with Crippen LogP contribution in [0.15, 0.2) is 60.7 Å². The molecule has 2 fully saturated rings. The van der Waals surface area contributed by atoms with Gasteiger partial charge in [-0.25, -0.2) is 4.79 Å². The summed E-state index contributed by atoms with van der Waals surface area (Å²) < 4.78 is 5.72. The lowest BCUT2D eigenvalue weighted by Gasteiger charge is -2.33. The fourth-order valence-corrected chi connectivity index (χ4v) is 4.78. The number of nitrogens with zero attached hydrogens (tertiary/aromatic N) is 2. The number of carbonyl (C=O) groups is 2. The number of likely N-dealkylation sites (tertiary alicyclic amines) is 2. The second-order valence-corrected chi connectivity index (χ2v) is 8.81. The van der Waals surface area contributed by atoms with E-state index in [-0.39, 0.29) is 24.6 Å². The predicted octanol–water partition coefficient (Wildman–Crippen LogP) is 2.93. The molecule has 2 saturated heterocycles. The van der Waals surface area contributed by atoms with Crippen molar-refractivity contribution in [1.29, 1.82) is 0 Å². The molecule has 3 atom stereocenters. The molecule has 0 saturated carbocycles. The number of amides is 3. The first-order valence-corrected chi connectivity index (χ1v) is 11.8. The molecule has 2 aliphatic heterocycles. The number of hydrogen-bond acceptors (Lipinski definition) is 4. The van der Waals surface area contributed by atoms with Gasteiger partial charge >= 0.3 is 6.03 Å². The molecule has 0 spiro atoms. The summed E-state index contributed by atoms with van der Waals surface area (Å²) in [6, 6.07) is 18.6. The van der Waals surface area contributed by atoms with Crippen LogP contribution >= 0.6 is 0 Å². The predicted molar refractivity (Wildman–Crippen MR) is 125 cm³/mol. The smallest absolute Gasteiger partial charge is 0.318 e. The molecule has 0 radical (unpaired) electrons. The standard InChI is InChI=1S/C26H33N3O4/c30-24(19-33-18-21-11-5-2-6-12-21)22-13-7-15-28(22)25(31)23-14-8-16-29(23)26(32)27-17-20-9-3-1-4-10-20/h1-6,9-12,22-24,30H,7-8,13-19H2,(H,27,32). The lowest BCUT2D eigenvalue weighted by Crippen LogP contribution is -2.54. The summed E-state index contributed by atoms with van der Waals surface area (Å²) >= 11 is 0. The Morgan fingerprint density at radius 2 is 1.58 bits per heavy atom. The van der Waals surface area contributed by atoms with E-state index in [0.717, 1.165) is 30.4 Å². The summed E-state index contributed by atoms with van der Waals surface area (Å²) in [7, 11) is 0. The van der Waals surface area contributed by atoms with Crippen LogP contribution in [0.4, 0.5) is 4.79 Å². The molecular formula is C26H33N3O4. The lowest BCUT2D eigenvalue weighted by molar-refractivity contribution is -0.139. The van der Waals surface area contributed by atoms with E-state index < -0.39 is 12.1 Å². The van der Waals surface area contributed by atoms with Crippen LogP contribution in [0.3, 0.4) is 0 Å². The van der Waals surface area contributed by atoms with Crippen molar-refractivity contribution in [2.75, 3.05) is 19.7 Å². The fourth-order valence-electron chi connectivity index (χ4n) is 4.78. The first-order chi connectivity index (χ1) is 16.1. The van der Waals surface area contributed by atoms with Crippen molar-refractivity contribution in [2.45, 2.75) is 57.0 Å². The highest BCUT2D eigenvalue weighted by molar-refractivity contribution is 5.88. The van der Waals surface area contributed by atoms with E-state index in [1.54, 1.807) is 9.80 Å². The van der Waals surface area contributed by atoms with Crippen molar-refractivity contribution in [3.63, 3.8) is 0 Å². The molecule has 2 aromatic rings. The van der Waals surface area contributed by atoms with Gasteiger partial charge in [-0.1, -0.05) is 60.7 Å². The first kappa shape index (κ1) is 23.3. The number of ether oxygens (including phenoxy) is 1. The average Bonchev–Trinajstić information content (AvgIpc) is 3.54. The topological polar surface area (TPSA) is 82.1 Å². The number of benzene rings is 2. The fraction of sp³-hybridized carbons (Fsp3) is 0.462. The lowest BCUT2D eigenvalue weighted by atomic mass is 10.1. The molecule has 4 rings (SSSR count). The van der Waals surface area contributed by atoms with Crippen molar-refractivity contribution < 1.29 is 19.4 Å². The molecule has 2 aliphatic rings. The van der Waals surface area contributed by atoms with E-state index in [1.165, 1.54) is 0 Å². The average molecular weight is 452 g/mol. The molecule has 176 valence electrons. The van der Waals surface area contributed by atoms with E-state index in [0.29, 0.717) is 32.7 Å². The minimum Gasteiger partial charge on any atom is -0.389 e. The normalized spacial score (nSPS) is 21.2. The quantitative estimate of drug-likeness (QED) is 0.647. The van der Waals surface area contributed by atoms with Gasteiger partial charge in [0.05, 0.1) is 25.4 Å². The molecular weight excluding hydrogens is 418 g/mol. The molecule has 0 aliphatic carbocycles. The monoisotopic (exact) mass is 451 g/mol. The number of nitrogens with one attached hydrogen (secondary N) is 1. The summed E-state index contributed by atoms with van der Waals surface area (Å²) in [6.07, 6.45) is 2.30. The molecule has 2 heterocycles. The Morgan fingerprint density at radius 3 is 2.30 bits per heavy atom. The van der Waals surface area contributed by atoms with E-state index in [1.807, 2.05) is 60.7 Å². The Morgan fingerprint density at radius 1 is 0.939 bits per heavy atom. The maximum atomic E-state index is 13.4. The Balaban J connectivity index is 1.31. The third-order valence-electron chi connectivity index (χ3n) is 6.51. The van der Waals surface area contributed by atoms with Crippen LogP contribution in [0.2, 0.25) is 0 Å². The van der Waals surface area contributed by atoms with Gasteiger partial charge in [-0.2, -0.15) is 0 Å². The van der Waals surface area contributed by atoms with Gasteiger partial charge in [0.25, 0.3) is 0 Å². The third-order valence-corrected chi connectivity index (χ3v) is 6.51. The molecule has 3 unspecified atom stereocenters. The van der Waals surface area contributed by atoms with Crippen LogP contribution in [0.25, 0.3) is 0 Å². The highest BCUT2D eigenvalue weighted by Gasteiger charge is 2.41. The minimum atomic E-state index is -0.748. The second-order valence-electron chi connectivity index (χ2n) is 8.81. The van der Waals surface area contributed by atoms with Gasteiger partial charge in [-0.15, -0.1) is 0 Å². The van der Waals surface area contributed by atoms with Gasteiger partial charge in [-0.3, -0.25) is 4.79 Å². The number of aliphatic hydroxyl groups is 1. The Labute approximate surface area is 195 Å². The van der Waals surface area contributed by atoms with E-state index in [4.69, 9.17) is 4.74 Å². The van der Waals surface area contributed by atoms with Gasteiger partial charge in [0, 0.05) is 19.6 Å². The summed E-state index contributed by atoms with van der Waals surface area (Å²) in [6.45, 7) is 2.21. The highest BCUT2D eigenvalue weighted by atomic mass is 16.5. The van der Waals surface area contributed by atoms with Crippen LogP contribution < -0.4 is 5.32 Å². The third kappa shape index (κ3) is 5.92. The number of urea groups is 1. The second kappa shape index (κ2) is 11.3. The summed E-state index contributed by atoms with van der Waals surface area (Å²) in [4.78, 5) is 29.6. The first-order valence-electron chi connectivity index (χ1n) is 11.8. The van der Waals surface area contributed by atoms with Crippen LogP contribution in [0, 0.1) is 0 Å². The summed E-state index contributed by atoms with van der Waals surface area (Å²) in [5, 5.41) is 13.7. The summed E-state index contributed by atoms with van der Waals surface area (Å²) in [5.41, 5.74) is 2.07. The largest absolute Gasteiger partial charge is 0.389 e. The maximum Gasteiger partial charge on any atom is 0.318 e. The number of rotatable bonds is 8. The zero-order valence-corrected chi connectivity index (χ0v) is 18.9. The van der Waals surface area contributed by atoms with Gasteiger partial charge in [0.15, 0.2) is 0 Å². The van der Waals surface area contributed by atoms with Crippen molar-refractivity contribution in [3.05, 3.63) is 71.8 Å². The van der Waals surface area contributed by atoms with Crippen LogP contribution in [0.1, 0.15) is 36.8 Å². The molecule has 2 aromatic carbocycles. The molecule has 7 heteroatoms. The van der Waals surface area contributed by atoms with E-state index >= 15 is 0 Å². The van der Waals surface area contributed by atoms with E-state index in [9.17, 15) is 14.7 Å². The van der Waals surface area contributed by atoms with Crippen molar-refractivity contribution >= 4 is 11.9 Å². The van der Waals surface area contributed by atoms with Crippen LogP contribution in [-0.4, -0.2) is 64.7 Å². The molecule has 0 bridgehead atoms. The molecule has 0 aromatic heterocycles. The highest BCUT2D eigenvalue weighted by Crippen LogP contribution is 2.26. The number of carbonyl (C=O) groups excluding carboxylic acids is 2. The van der Waals surface area contributed by atoms with E-state index in [2.05, 4.69) is 5.32 Å². The van der Waals surface area contributed by atoms with Gasteiger partial charge in [0.2, 0.25) is 5.91 Å². The van der Waals surface area contributed by atoms with Gasteiger partial charge < -0.3 is 25.0 Å². The SMILES string of the molecule is O=C(NCc1ccccc1)N1CCCC1C(=O)N1CCCC1C(O)COCc1ccccc1. The molecule has 3 amide bonds. The van der Waals surface area contributed by atoms with Gasteiger partial charge in [-0.05, 0) is 36.8 Å². The summed E-state index contributed by atoms with van der Waals surface area (Å²) in [5.74, 6) is -0.0630. The van der Waals surface area contributed by atoms with Crippen molar-refractivity contribution in [1.82, 2.24) is 15.1 Å². The Hall–Kier alpha value is -2.90. The maximum absolute atomic E-state index is 13.4. The van der Waals surface area contributed by atoms with Crippen LogP contribution in [0.5, 0.6) is 0 Å². The zero-order chi connectivity index (χ0) is 23.0. The molecule has 33 heavy (non-hydrogen) atoms. The number of hydrogen-bond donors (Lipinski definition) is 2. The van der Waals surface area contributed by atoms with Crippen LogP contribution in [-0.2, 0) is 22.7 Å². The zero-order valence-electron chi connectivity index (χ0n) is 18.9. The van der Waals surface area contributed by atoms with Crippen molar-refractivity contribution in [3.8, 4) is 0 Å². The Bertz CT molecular complexity index is 908. The molecule has 2 N–H and O–H groups in total. The number of aliphatic hydroxyl groups excluding tert-OH is 1. The van der Waals surface area contributed by atoms with Crippen molar-refractivity contribution in [2.24, 2.45) is 0 Å². The molecule has 7 nitrogen and oxygen atoms in total.